The topological polar surface area (TPSA) is 69.7 Å². The molecule has 0 spiro atoms. The van der Waals surface area contributed by atoms with E-state index in [-0.39, 0.29) is 23.9 Å². The van der Waals surface area contributed by atoms with E-state index in [1.807, 2.05) is 4.90 Å². The zero-order valence-electron chi connectivity index (χ0n) is 15.3. The van der Waals surface area contributed by atoms with Crippen LogP contribution in [0.25, 0.3) is 0 Å². The minimum Gasteiger partial charge on any atom is -0.325 e. The third-order valence-corrected chi connectivity index (χ3v) is 6.70. The van der Waals surface area contributed by atoms with E-state index in [0.29, 0.717) is 18.8 Å². The van der Waals surface area contributed by atoms with Crippen molar-refractivity contribution >= 4 is 21.6 Å². The molecule has 6 nitrogen and oxygen atoms in total. The highest BCUT2D eigenvalue weighted by atomic mass is 32.2. The third-order valence-electron chi connectivity index (χ3n) is 4.77. The van der Waals surface area contributed by atoms with Crippen LogP contribution in [0.15, 0.2) is 53.4 Å². The summed E-state index contributed by atoms with van der Waals surface area (Å²) < 4.78 is 53.4. The molecule has 2 aromatic rings. The second-order valence-corrected chi connectivity index (χ2v) is 8.45. The van der Waals surface area contributed by atoms with E-state index < -0.39 is 27.7 Å². The van der Waals surface area contributed by atoms with Crippen LogP contribution in [0.5, 0.6) is 0 Å². The summed E-state index contributed by atoms with van der Waals surface area (Å²) in [6.45, 7) is 2.72. The van der Waals surface area contributed by atoms with Crippen molar-refractivity contribution in [3.63, 3.8) is 0 Å². The zero-order valence-corrected chi connectivity index (χ0v) is 16.1. The smallest absolute Gasteiger partial charge is 0.246 e. The fourth-order valence-corrected chi connectivity index (χ4v) is 4.56. The van der Waals surface area contributed by atoms with Crippen molar-refractivity contribution in [2.24, 2.45) is 0 Å². The van der Waals surface area contributed by atoms with Gasteiger partial charge in [0.15, 0.2) is 0 Å². The lowest BCUT2D eigenvalue weighted by molar-refractivity contribution is -0.121. The molecule has 0 saturated carbocycles. The average molecular weight is 409 g/mol. The molecule has 28 heavy (non-hydrogen) atoms. The van der Waals surface area contributed by atoms with Crippen molar-refractivity contribution < 1.29 is 22.0 Å². The Morgan fingerprint density at radius 2 is 1.61 bits per heavy atom. The highest BCUT2D eigenvalue weighted by molar-refractivity contribution is 7.89. The molecule has 150 valence electrons. The van der Waals surface area contributed by atoms with Gasteiger partial charge in [-0.15, -0.1) is 0 Å². The largest absolute Gasteiger partial charge is 0.325 e. The fourth-order valence-electron chi connectivity index (χ4n) is 3.07. The first-order chi connectivity index (χ1) is 13.3. The number of hydrogen-bond acceptors (Lipinski definition) is 4. The predicted octanol–water partition coefficient (Wildman–Crippen LogP) is 2.30. The molecule has 0 aromatic heterocycles. The van der Waals surface area contributed by atoms with Crippen molar-refractivity contribution in [1.29, 1.82) is 0 Å². The number of rotatable bonds is 5. The minimum atomic E-state index is -3.92. The number of amides is 1. The van der Waals surface area contributed by atoms with E-state index in [2.05, 4.69) is 5.32 Å². The molecule has 0 aliphatic carbocycles. The van der Waals surface area contributed by atoms with Crippen molar-refractivity contribution in [2.75, 3.05) is 31.5 Å². The number of carbonyl (C=O) groups excluding carboxylic acids is 1. The van der Waals surface area contributed by atoms with Gasteiger partial charge in [0.2, 0.25) is 15.9 Å². The summed E-state index contributed by atoms with van der Waals surface area (Å²) in [4.78, 5) is 13.9. The Morgan fingerprint density at radius 3 is 2.21 bits per heavy atom. The maximum absolute atomic E-state index is 13.9. The van der Waals surface area contributed by atoms with Gasteiger partial charge in [0.25, 0.3) is 0 Å². The maximum Gasteiger partial charge on any atom is 0.246 e. The number of hydrogen-bond donors (Lipinski definition) is 1. The zero-order chi connectivity index (χ0) is 20.3. The molecule has 0 bridgehead atoms. The van der Waals surface area contributed by atoms with Crippen LogP contribution in [-0.4, -0.2) is 55.8 Å². The second-order valence-electron chi connectivity index (χ2n) is 6.54. The number of carbonyl (C=O) groups is 1. The van der Waals surface area contributed by atoms with Gasteiger partial charge >= 0.3 is 0 Å². The first-order valence-electron chi connectivity index (χ1n) is 8.84. The maximum atomic E-state index is 13.9. The highest BCUT2D eigenvalue weighted by Crippen LogP contribution is 2.21. The lowest BCUT2D eigenvalue weighted by Gasteiger charge is -2.36. The van der Waals surface area contributed by atoms with Crippen LogP contribution >= 0.6 is 0 Å². The van der Waals surface area contributed by atoms with Gasteiger partial charge in [-0.3, -0.25) is 9.69 Å². The predicted molar refractivity (Wildman–Crippen MR) is 101 cm³/mol. The van der Waals surface area contributed by atoms with Crippen molar-refractivity contribution in [3.8, 4) is 0 Å². The highest BCUT2D eigenvalue weighted by Gasteiger charge is 2.33. The molecular weight excluding hydrogens is 388 g/mol. The number of piperazine rings is 1. The van der Waals surface area contributed by atoms with Gasteiger partial charge in [0, 0.05) is 31.9 Å². The lowest BCUT2D eigenvalue weighted by Crippen LogP contribution is -2.54. The molecule has 3 rings (SSSR count). The number of nitrogens with zero attached hydrogens (tertiary/aromatic N) is 2. The molecule has 1 aliphatic rings. The summed E-state index contributed by atoms with van der Waals surface area (Å²) in [5, 5.41) is 2.71. The van der Waals surface area contributed by atoms with E-state index in [9.17, 15) is 22.0 Å². The Morgan fingerprint density at radius 1 is 1.00 bits per heavy atom. The van der Waals surface area contributed by atoms with E-state index in [1.165, 1.54) is 46.8 Å². The summed E-state index contributed by atoms with van der Waals surface area (Å²) in [7, 11) is -3.92. The van der Waals surface area contributed by atoms with Gasteiger partial charge < -0.3 is 5.32 Å². The SMILES string of the molecule is C[C@@H](C(=O)Nc1ccc(F)cc1)N1CCN(S(=O)(=O)c2ccccc2F)CC1. The summed E-state index contributed by atoms with van der Waals surface area (Å²) in [6.07, 6.45) is 0. The molecule has 9 heteroatoms. The lowest BCUT2D eigenvalue weighted by atomic mass is 10.2. The van der Waals surface area contributed by atoms with Crippen LogP contribution in [0.1, 0.15) is 6.92 Å². The third kappa shape index (κ3) is 4.37. The Kier molecular flexibility index (Phi) is 6.07. The first-order valence-corrected chi connectivity index (χ1v) is 10.3. The molecule has 0 unspecified atom stereocenters. The Bertz CT molecular complexity index is 943. The molecular formula is C19H21F2N3O3S. The monoisotopic (exact) mass is 409 g/mol. The molecule has 1 saturated heterocycles. The Balaban J connectivity index is 1.60. The fraction of sp³-hybridized carbons (Fsp3) is 0.316. The van der Waals surface area contributed by atoms with E-state index in [1.54, 1.807) is 6.92 Å². The van der Waals surface area contributed by atoms with Gasteiger partial charge in [0.1, 0.15) is 16.5 Å². The van der Waals surface area contributed by atoms with Crippen LogP contribution in [0.4, 0.5) is 14.5 Å². The van der Waals surface area contributed by atoms with Crippen molar-refractivity contribution in [2.45, 2.75) is 17.9 Å². The van der Waals surface area contributed by atoms with Crippen molar-refractivity contribution in [3.05, 3.63) is 60.2 Å². The normalized spacial score (nSPS) is 17.2. The number of anilines is 1. The molecule has 1 aliphatic heterocycles. The van der Waals surface area contributed by atoms with E-state index >= 15 is 0 Å². The summed E-state index contributed by atoms with van der Waals surface area (Å²) in [6, 6.07) is 10.2. The first kappa shape index (κ1) is 20.4. The van der Waals surface area contributed by atoms with E-state index in [0.717, 1.165) is 6.07 Å². The average Bonchev–Trinajstić information content (AvgIpc) is 2.69. The number of sulfonamides is 1. The van der Waals surface area contributed by atoms with Crippen LogP contribution in [0.2, 0.25) is 0 Å². The standard InChI is InChI=1S/C19H21F2N3O3S/c1-14(19(25)22-16-8-6-15(20)7-9-16)23-10-12-24(13-11-23)28(26,27)18-5-3-2-4-17(18)21/h2-9,14H,10-13H2,1H3,(H,22,25)/t14-/m0/s1. The van der Waals surface area contributed by atoms with Gasteiger partial charge in [0.05, 0.1) is 6.04 Å². The van der Waals surface area contributed by atoms with Crippen LogP contribution in [-0.2, 0) is 14.8 Å². The molecule has 0 radical (unpaired) electrons. The number of benzene rings is 2. The Hall–Kier alpha value is -2.36. The van der Waals surface area contributed by atoms with Gasteiger partial charge in [-0.05, 0) is 43.3 Å². The van der Waals surface area contributed by atoms with Crippen LogP contribution in [0, 0.1) is 11.6 Å². The molecule has 1 atom stereocenters. The van der Waals surface area contributed by atoms with Crippen molar-refractivity contribution in [1.82, 2.24) is 9.21 Å². The number of halogens is 2. The summed E-state index contributed by atoms with van der Waals surface area (Å²) in [5.74, 6) is -1.44. The molecule has 2 aromatic carbocycles. The van der Waals surface area contributed by atoms with Gasteiger partial charge in [-0.2, -0.15) is 4.31 Å². The quantitative estimate of drug-likeness (QED) is 0.823. The molecule has 1 N–H and O–H groups in total. The van der Waals surface area contributed by atoms with Gasteiger partial charge in [-0.1, -0.05) is 12.1 Å². The summed E-state index contributed by atoms with van der Waals surface area (Å²) >= 11 is 0. The molecule has 1 fully saturated rings. The summed E-state index contributed by atoms with van der Waals surface area (Å²) in [5.41, 5.74) is 0.485. The second kappa shape index (κ2) is 8.34. The minimum absolute atomic E-state index is 0.158. The molecule has 1 heterocycles. The molecule has 1 amide bonds. The number of nitrogens with one attached hydrogen (secondary N) is 1. The Labute approximate surface area is 162 Å². The van der Waals surface area contributed by atoms with E-state index in [4.69, 9.17) is 0 Å². The van der Waals surface area contributed by atoms with Crippen LogP contribution < -0.4 is 5.32 Å². The van der Waals surface area contributed by atoms with Gasteiger partial charge in [-0.25, -0.2) is 17.2 Å². The van der Waals surface area contributed by atoms with Crippen LogP contribution in [0.3, 0.4) is 0 Å².